The van der Waals surface area contributed by atoms with Gasteiger partial charge in [-0.3, -0.25) is 0 Å². The molecule has 7 aromatic rings. The quantitative estimate of drug-likeness (QED) is 0.150. The van der Waals surface area contributed by atoms with E-state index in [1.807, 2.05) is 0 Å². The van der Waals surface area contributed by atoms with Gasteiger partial charge in [-0.25, -0.2) is 0 Å². The fourth-order valence-corrected chi connectivity index (χ4v) is 18.9. The van der Waals surface area contributed by atoms with Gasteiger partial charge in [-0.1, -0.05) is 0 Å². The van der Waals surface area contributed by atoms with Gasteiger partial charge in [-0.15, -0.1) is 0 Å². The first-order valence-corrected chi connectivity index (χ1v) is 24.7. The topological polar surface area (TPSA) is 0 Å². The first-order chi connectivity index (χ1) is 28.1. The van der Waals surface area contributed by atoms with Gasteiger partial charge < -0.3 is 0 Å². The van der Waals surface area contributed by atoms with Crippen LogP contribution >= 0.6 is 0 Å². The van der Waals surface area contributed by atoms with Crippen LogP contribution in [0.4, 0.5) is 0 Å². The summed E-state index contributed by atoms with van der Waals surface area (Å²) < 4.78 is 3.49. The molecule has 2 aliphatic rings. The number of hydrogen-bond acceptors (Lipinski definition) is 0. The Morgan fingerprint density at radius 3 is 1.22 bits per heavy atom. The van der Waals surface area contributed by atoms with Gasteiger partial charge in [0.05, 0.1) is 0 Å². The summed E-state index contributed by atoms with van der Waals surface area (Å²) in [6.07, 6.45) is 0.926. The van der Waals surface area contributed by atoms with E-state index in [1.165, 1.54) is 77.9 Å². The SMILES string of the molecule is CC(C)(C)c1ccc2c(c1)[CH]([Zr]([C]1=C(c3ccccc3)C(c3ccccc3)=C(c3ccccc3)C1)=[C](c1ccccc1)c1ccccc1)c1cc(C(C)(C)C)ccc1-2. The van der Waals surface area contributed by atoms with Crippen molar-refractivity contribution in [2.24, 2.45) is 0 Å². The number of fused-ring (bicyclic) bond motifs is 3. The van der Waals surface area contributed by atoms with E-state index in [1.54, 1.807) is 6.49 Å². The minimum absolute atomic E-state index is 0.0180. The zero-order valence-corrected chi connectivity index (χ0v) is 37.1. The van der Waals surface area contributed by atoms with E-state index in [0.29, 0.717) is 0 Å². The standard InChI is InChI=1S/C23H17.C21H25.C13H10.Zr/c1-4-10-18(11-5-1)21-16-17-22(19-12-6-2-7-13-19)23(21)20-14-8-3-9-15-20;1-20(2,3)16-7-9-18-14(12-16)11-15-13-17(21(4,5)6)8-10-19(15)18;1-3-7-12(8-4-1)11-13-9-5-2-6-10-13;/h1-15H,16H2;7-13H,1-6H3;1-10H;. The van der Waals surface area contributed by atoms with Crippen molar-refractivity contribution in [3.63, 3.8) is 0 Å². The van der Waals surface area contributed by atoms with Crippen molar-refractivity contribution in [2.75, 3.05) is 0 Å². The Morgan fingerprint density at radius 1 is 0.431 bits per heavy atom. The summed E-state index contributed by atoms with van der Waals surface area (Å²) >= 11 is -3.29. The molecule has 58 heavy (non-hydrogen) atoms. The third-order valence-corrected chi connectivity index (χ3v) is 20.5. The summed E-state index contributed by atoms with van der Waals surface area (Å²) in [7, 11) is 0. The van der Waals surface area contributed by atoms with Crippen LogP contribution in [-0.4, -0.2) is 3.21 Å². The molecule has 0 N–H and O–H groups in total. The zero-order chi connectivity index (χ0) is 40.0. The van der Waals surface area contributed by atoms with E-state index in [2.05, 4.69) is 230 Å². The van der Waals surface area contributed by atoms with Gasteiger partial charge >= 0.3 is 356 Å². The molecular weight excluding hydrogens is 776 g/mol. The van der Waals surface area contributed by atoms with Gasteiger partial charge in [0.25, 0.3) is 0 Å². The summed E-state index contributed by atoms with van der Waals surface area (Å²) in [5.41, 5.74) is 19.6. The molecule has 0 aliphatic heterocycles. The van der Waals surface area contributed by atoms with Crippen molar-refractivity contribution >= 4 is 19.9 Å². The summed E-state index contributed by atoms with van der Waals surface area (Å²) in [6.45, 7) is 14.2. The van der Waals surface area contributed by atoms with Gasteiger partial charge in [-0.2, -0.15) is 0 Å². The number of hydrogen-bond donors (Lipinski definition) is 0. The Labute approximate surface area is 353 Å². The Balaban J connectivity index is 1.48. The molecule has 1 heteroatoms. The number of benzene rings is 7. The molecule has 0 bridgehead atoms. The second-order valence-corrected chi connectivity index (χ2v) is 24.2. The van der Waals surface area contributed by atoms with Crippen LogP contribution < -0.4 is 0 Å². The van der Waals surface area contributed by atoms with E-state index < -0.39 is 21.3 Å². The molecular formula is C57H52Zr. The van der Waals surface area contributed by atoms with Gasteiger partial charge in [0.1, 0.15) is 0 Å². The van der Waals surface area contributed by atoms with Gasteiger partial charge in [0.2, 0.25) is 0 Å². The van der Waals surface area contributed by atoms with Gasteiger partial charge in [0, 0.05) is 0 Å². The molecule has 0 radical (unpaired) electrons. The molecule has 0 saturated carbocycles. The fourth-order valence-electron chi connectivity index (χ4n) is 9.28. The molecule has 0 saturated heterocycles. The minimum atomic E-state index is -3.29. The van der Waals surface area contributed by atoms with E-state index in [0.717, 1.165) is 6.42 Å². The van der Waals surface area contributed by atoms with Crippen molar-refractivity contribution in [1.29, 1.82) is 0 Å². The van der Waals surface area contributed by atoms with Crippen molar-refractivity contribution in [2.45, 2.75) is 62.4 Å². The predicted molar refractivity (Wildman–Crippen MR) is 245 cm³/mol. The molecule has 2 aliphatic carbocycles. The fraction of sp³-hybridized carbons (Fsp3) is 0.175. The Bertz CT molecular complexity index is 2600. The van der Waals surface area contributed by atoms with Crippen LogP contribution in [0.5, 0.6) is 0 Å². The maximum absolute atomic E-state index is 3.29. The van der Waals surface area contributed by atoms with Crippen LogP contribution in [0.15, 0.2) is 191 Å². The molecule has 0 nitrogen and oxygen atoms in total. The van der Waals surface area contributed by atoms with Crippen LogP contribution in [-0.2, 0) is 32.1 Å². The van der Waals surface area contributed by atoms with Crippen molar-refractivity contribution in [3.05, 3.63) is 241 Å². The Hall–Kier alpha value is -5.23. The maximum atomic E-state index is 2.62. The molecule has 7 aromatic carbocycles. The summed E-state index contributed by atoms with van der Waals surface area (Å²) in [6, 6.07) is 71.7. The molecule has 0 fully saturated rings. The monoisotopic (exact) mass is 826 g/mol. The average molecular weight is 828 g/mol. The molecule has 0 aromatic heterocycles. The normalized spacial score (nSPS) is 14.1. The molecule has 0 heterocycles. The summed E-state index contributed by atoms with van der Waals surface area (Å²) in [5, 5.41) is 0. The third-order valence-electron chi connectivity index (χ3n) is 12.2. The third kappa shape index (κ3) is 7.14. The molecule has 284 valence electrons. The van der Waals surface area contributed by atoms with Gasteiger partial charge in [-0.05, 0) is 0 Å². The molecule has 0 spiro atoms. The second-order valence-electron chi connectivity index (χ2n) is 18.0. The zero-order valence-electron chi connectivity index (χ0n) is 34.7. The average Bonchev–Trinajstić information content (AvgIpc) is 3.80. The Kier molecular flexibility index (Phi) is 10.2. The van der Waals surface area contributed by atoms with Crippen molar-refractivity contribution < 1.29 is 21.3 Å². The Morgan fingerprint density at radius 2 is 0.810 bits per heavy atom. The van der Waals surface area contributed by atoms with Crippen LogP contribution in [0.2, 0.25) is 0 Å². The van der Waals surface area contributed by atoms with E-state index in [9.17, 15) is 0 Å². The number of rotatable bonds is 7. The van der Waals surface area contributed by atoms with Crippen molar-refractivity contribution in [3.8, 4) is 11.1 Å². The summed E-state index contributed by atoms with van der Waals surface area (Å²) in [5.74, 6) is 0. The molecule has 0 atom stereocenters. The first-order valence-electron chi connectivity index (χ1n) is 20.9. The van der Waals surface area contributed by atoms with E-state index in [4.69, 9.17) is 0 Å². The number of allylic oxidation sites excluding steroid dienone is 4. The van der Waals surface area contributed by atoms with Crippen LogP contribution in [0.25, 0.3) is 27.8 Å². The second kappa shape index (κ2) is 15.5. The van der Waals surface area contributed by atoms with E-state index in [-0.39, 0.29) is 14.5 Å². The van der Waals surface area contributed by atoms with Crippen molar-refractivity contribution in [1.82, 2.24) is 0 Å². The van der Waals surface area contributed by atoms with E-state index >= 15 is 0 Å². The van der Waals surface area contributed by atoms with Gasteiger partial charge in [0.15, 0.2) is 0 Å². The first kappa shape index (κ1) is 38.3. The molecule has 0 unspecified atom stereocenters. The van der Waals surface area contributed by atoms with Crippen LogP contribution in [0.3, 0.4) is 0 Å². The van der Waals surface area contributed by atoms with Crippen LogP contribution in [0, 0.1) is 0 Å². The molecule has 9 rings (SSSR count). The molecule has 0 amide bonds. The summed E-state index contributed by atoms with van der Waals surface area (Å²) in [4.78, 5) is 0. The predicted octanol–water partition coefficient (Wildman–Crippen LogP) is 14.7. The van der Waals surface area contributed by atoms with Crippen LogP contribution in [0.1, 0.15) is 102 Å².